The molecule has 0 fully saturated rings. The highest BCUT2D eigenvalue weighted by Crippen LogP contribution is 2.36. The van der Waals surface area contributed by atoms with E-state index in [1.807, 2.05) is 61.9 Å². The summed E-state index contributed by atoms with van der Waals surface area (Å²) in [5.74, 6) is -0.103. The number of nitrogens with zero attached hydrogens (tertiary/aromatic N) is 3. The van der Waals surface area contributed by atoms with E-state index in [9.17, 15) is 26.7 Å². The highest BCUT2D eigenvalue weighted by molar-refractivity contribution is 7.92. The van der Waals surface area contributed by atoms with Crippen LogP contribution in [0.2, 0.25) is 0 Å². The van der Waals surface area contributed by atoms with Crippen LogP contribution >= 0.6 is 0 Å². The van der Waals surface area contributed by atoms with Crippen molar-refractivity contribution in [1.29, 1.82) is 0 Å². The number of ether oxygens (including phenoxy) is 1. The van der Waals surface area contributed by atoms with Gasteiger partial charge in [-0.3, -0.25) is 9.10 Å². The second-order valence-electron chi connectivity index (χ2n) is 12.6. The number of rotatable bonds is 13. The Morgan fingerprint density at radius 1 is 1.06 bits per heavy atom. The molecule has 0 bridgehead atoms. The summed E-state index contributed by atoms with van der Waals surface area (Å²) in [4.78, 5) is 14.1. The van der Waals surface area contributed by atoms with Crippen LogP contribution in [0, 0.1) is 5.92 Å². The van der Waals surface area contributed by atoms with Crippen LogP contribution in [0.3, 0.4) is 0 Å². The minimum atomic E-state index is -4.02. The molecular formula is C35H44N4O7S2. The third-order valence-corrected chi connectivity index (χ3v) is 12.3. The van der Waals surface area contributed by atoms with Gasteiger partial charge in [0.2, 0.25) is 20.0 Å². The molecule has 0 aliphatic carbocycles. The molecule has 48 heavy (non-hydrogen) atoms. The summed E-state index contributed by atoms with van der Waals surface area (Å²) < 4.78 is 63.3. The zero-order chi connectivity index (χ0) is 34.8. The Morgan fingerprint density at radius 2 is 1.75 bits per heavy atom. The third-order valence-electron chi connectivity index (χ3n) is 8.76. The maximum atomic E-state index is 14.0. The lowest BCUT2D eigenvalue weighted by Gasteiger charge is -2.31. The average Bonchev–Trinajstić information content (AvgIpc) is 3.39. The highest BCUT2D eigenvalue weighted by atomic mass is 32.2. The maximum Gasteiger partial charge on any atom is 0.251 e. The van der Waals surface area contributed by atoms with Crippen molar-refractivity contribution >= 4 is 42.5 Å². The maximum absolute atomic E-state index is 14.0. The molecule has 3 aromatic carbocycles. The Labute approximate surface area is 283 Å². The van der Waals surface area contributed by atoms with Crippen LogP contribution < -0.4 is 14.4 Å². The quantitative estimate of drug-likeness (QED) is 0.215. The molecule has 2 heterocycles. The highest BCUT2D eigenvalue weighted by Gasteiger charge is 2.33. The molecule has 1 aromatic heterocycles. The second kappa shape index (κ2) is 14.3. The summed E-state index contributed by atoms with van der Waals surface area (Å²) in [6.07, 6.45) is 1.57. The largest absolute Gasteiger partial charge is 0.497 e. The van der Waals surface area contributed by atoms with E-state index in [1.54, 1.807) is 24.3 Å². The first kappa shape index (κ1) is 35.4. The van der Waals surface area contributed by atoms with Crippen LogP contribution in [0.5, 0.6) is 5.75 Å². The third kappa shape index (κ3) is 7.39. The Hall–Kier alpha value is -3.91. The molecule has 11 nitrogen and oxygen atoms in total. The van der Waals surface area contributed by atoms with E-state index in [2.05, 4.69) is 5.32 Å². The Bertz CT molecular complexity index is 1980. The van der Waals surface area contributed by atoms with Crippen LogP contribution in [0.4, 0.5) is 5.69 Å². The van der Waals surface area contributed by atoms with Crippen molar-refractivity contribution < 1.29 is 31.5 Å². The number of anilines is 1. The molecule has 1 aliphatic heterocycles. The van der Waals surface area contributed by atoms with Crippen LogP contribution in [-0.4, -0.2) is 81.9 Å². The fourth-order valence-corrected chi connectivity index (χ4v) is 8.89. The van der Waals surface area contributed by atoms with Gasteiger partial charge in [-0.05, 0) is 66.3 Å². The zero-order valence-electron chi connectivity index (χ0n) is 28.0. The molecule has 258 valence electrons. The number of aliphatic hydroxyl groups excluding tert-OH is 1. The van der Waals surface area contributed by atoms with Crippen molar-refractivity contribution in [3.63, 3.8) is 0 Å². The average molecular weight is 697 g/mol. The molecule has 0 saturated heterocycles. The number of aliphatic hydroxyl groups is 1. The first-order valence-electron chi connectivity index (χ1n) is 16.0. The van der Waals surface area contributed by atoms with E-state index in [0.29, 0.717) is 24.4 Å². The zero-order valence-corrected chi connectivity index (χ0v) is 29.6. The van der Waals surface area contributed by atoms with Crippen molar-refractivity contribution in [2.45, 2.75) is 57.2 Å². The van der Waals surface area contributed by atoms with Gasteiger partial charge in [0.1, 0.15) is 5.75 Å². The van der Waals surface area contributed by atoms with E-state index in [0.717, 1.165) is 22.0 Å². The smallest absolute Gasteiger partial charge is 0.251 e. The standard InChI is InChI=1S/C35H44N4O7S2/c1-6-26-22-38-16-17-47(42,43)37(4)32-20-27(19-30(26)34(32)38)35(41)36-31(18-25-10-8-7-9-11-25)33(40)23-39(21-24(2)3)48(44,45)29-14-12-28(46-5)13-15-29/h7-15,19-20,22,24,31,33,40H,6,16-18,21,23H2,1-5H3,(H,36,41)/t31-,33+/m0/s1. The fourth-order valence-electron chi connectivity index (χ4n) is 6.13. The number of benzene rings is 3. The van der Waals surface area contributed by atoms with Crippen molar-refractivity contribution in [3.8, 4) is 5.75 Å². The van der Waals surface area contributed by atoms with E-state index in [4.69, 9.17) is 4.74 Å². The predicted molar refractivity (Wildman–Crippen MR) is 188 cm³/mol. The molecule has 0 spiro atoms. The SMILES string of the molecule is CCc1cn2c3c(cc(C(=O)N[C@@H](Cc4ccccc4)[C@H](O)CN(CC(C)C)S(=O)(=O)c4ccc(OC)cc4)cc13)N(C)S(=O)(=O)CC2. The molecule has 5 rings (SSSR count). The number of aromatic nitrogens is 1. The van der Waals surface area contributed by atoms with Gasteiger partial charge in [0.25, 0.3) is 5.91 Å². The number of amides is 1. The lowest BCUT2D eigenvalue weighted by molar-refractivity contribution is 0.0776. The molecule has 4 aromatic rings. The van der Waals surface area contributed by atoms with Crippen LogP contribution in [-0.2, 0) is 39.4 Å². The van der Waals surface area contributed by atoms with Crippen LogP contribution in [0.15, 0.2) is 77.8 Å². The predicted octanol–water partition coefficient (Wildman–Crippen LogP) is 4.04. The fraction of sp³-hybridized carbons (Fsp3) is 0.400. The van der Waals surface area contributed by atoms with Crippen LogP contribution in [0.25, 0.3) is 10.9 Å². The number of sulfonamides is 2. The van der Waals surface area contributed by atoms with Crippen LogP contribution in [0.1, 0.15) is 42.3 Å². The van der Waals surface area contributed by atoms with Gasteiger partial charge in [0.05, 0.1) is 41.1 Å². The minimum Gasteiger partial charge on any atom is -0.497 e. The number of nitrogens with one attached hydrogen (secondary N) is 1. The lowest BCUT2D eigenvalue weighted by Crippen LogP contribution is -2.51. The summed E-state index contributed by atoms with van der Waals surface area (Å²) in [5, 5.41) is 15.5. The van der Waals surface area contributed by atoms with Gasteiger partial charge >= 0.3 is 0 Å². The van der Waals surface area contributed by atoms with Gasteiger partial charge in [-0.15, -0.1) is 0 Å². The molecular weight excluding hydrogens is 653 g/mol. The lowest BCUT2D eigenvalue weighted by atomic mass is 9.99. The van der Waals surface area contributed by atoms with E-state index < -0.39 is 38.1 Å². The summed E-state index contributed by atoms with van der Waals surface area (Å²) in [6.45, 7) is 5.98. The Balaban J connectivity index is 1.50. The monoisotopic (exact) mass is 696 g/mol. The number of methoxy groups -OCH3 is 1. The minimum absolute atomic E-state index is 0.0477. The first-order chi connectivity index (χ1) is 22.7. The van der Waals surface area contributed by atoms with Gasteiger partial charge in [-0.25, -0.2) is 16.8 Å². The number of aryl methyl sites for hydroxylation is 2. The molecule has 2 atom stereocenters. The normalized spacial score (nSPS) is 15.8. The van der Waals surface area contributed by atoms with Crippen molar-refractivity contribution in [2.75, 3.05) is 37.3 Å². The molecule has 13 heteroatoms. The van der Waals surface area contributed by atoms with E-state index in [-0.39, 0.29) is 41.6 Å². The van der Waals surface area contributed by atoms with Gasteiger partial charge < -0.3 is 19.7 Å². The molecule has 2 N–H and O–H groups in total. The van der Waals surface area contributed by atoms with Crippen molar-refractivity contribution in [2.24, 2.45) is 5.92 Å². The molecule has 0 saturated carbocycles. The summed E-state index contributed by atoms with van der Waals surface area (Å²) in [6, 6.07) is 17.9. The number of hydrogen-bond donors (Lipinski definition) is 2. The summed E-state index contributed by atoms with van der Waals surface area (Å²) >= 11 is 0. The second-order valence-corrected chi connectivity index (χ2v) is 16.7. The van der Waals surface area contributed by atoms with Crippen molar-refractivity contribution in [1.82, 2.24) is 14.2 Å². The number of carbonyl (C=O) groups excluding carboxylic acids is 1. The Kier molecular flexibility index (Phi) is 10.5. The van der Waals surface area contributed by atoms with E-state index in [1.165, 1.54) is 34.9 Å². The molecule has 1 aliphatic rings. The summed E-state index contributed by atoms with van der Waals surface area (Å²) in [5.41, 5.74) is 3.23. The number of hydrogen-bond acceptors (Lipinski definition) is 7. The van der Waals surface area contributed by atoms with E-state index >= 15 is 0 Å². The molecule has 0 radical (unpaired) electrons. The number of carbonyl (C=O) groups is 1. The van der Waals surface area contributed by atoms with Crippen molar-refractivity contribution in [3.05, 3.63) is 89.6 Å². The first-order valence-corrected chi connectivity index (χ1v) is 19.1. The topological polar surface area (TPSA) is 138 Å². The Morgan fingerprint density at radius 3 is 2.38 bits per heavy atom. The van der Waals surface area contributed by atoms with Gasteiger partial charge in [0, 0.05) is 43.8 Å². The molecule has 1 amide bonds. The molecule has 0 unspecified atom stereocenters. The van der Waals surface area contributed by atoms with Gasteiger partial charge in [-0.1, -0.05) is 51.1 Å². The van der Waals surface area contributed by atoms with Gasteiger partial charge in [-0.2, -0.15) is 4.31 Å². The summed E-state index contributed by atoms with van der Waals surface area (Å²) in [7, 11) is -4.63. The van der Waals surface area contributed by atoms with Gasteiger partial charge in [0.15, 0.2) is 0 Å².